The van der Waals surface area contributed by atoms with Crippen molar-refractivity contribution in [1.82, 2.24) is 0 Å². The zero-order valence-electron chi connectivity index (χ0n) is 14.8. The molecule has 0 spiro atoms. The Morgan fingerprint density at radius 1 is 0.821 bits per heavy atom. The lowest BCUT2D eigenvalue weighted by Crippen LogP contribution is -3.07. The minimum absolute atomic E-state index is 0. The molecule has 1 aliphatic rings. The van der Waals surface area contributed by atoms with Crippen molar-refractivity contribution < 1.29 is 76.1 Å². The van der Waals surface area contributed by atoms with Gasteiger partial charge in [-0.25, -0.2) is 9.59 Å². The van der Waals surface area contributed by atoms with Gasteiger partial charge in [0.05, 0.1) is 11.9 Å². The van der Waals surface area contributed by atoms with Gasteiger partial charge in [-0.3, -0.25) is 0 Å². The molecule has 0 aromatic heterocycles. The summed E-state index contributed by atoms with van der Waals surface area (Å²) in [6.07, 6.45) is -9.41. The van der Waals surface area contributed by atoms with Gasteiger partial charge in [-0.15, -0.1) is 0 Å². The largest absolute Gasteiger partial charge is 0.547 e. The van der Waals surface area contributed by atoms with E-state index in [1.807, 2.05) is 0 Å². The Morgan fingerprint density at radius 2 is 1.18 bits per heavy atom. The number of hydrogen-bond acceptors (Lipinski definition) is 10. The number of nitrogens with two attached hydrogens (primary N) is 2. The van der Waals surface area contributed by atoms with Gasteiger partial charge < -0.3 is 66.6 Å². The summed E-state index contributed by atoms with van der Waals surface area (Å²) in [5.41, 5.74) is 0. The molecule has 0 unspecified atom stereocenters. The second-order valence-corrected chi connectivity index (χ2v) is 5.41. The number of carbonyl (C=O) groups excluding carboxylic acids is 2. The number of carbonyl (C=O) groups is 4. The molecule has 0 bridgehead atoms. The van der Waals surface area contributed by atoms with Crippen LogP contribution in [0.25, 0.3) is 0 Å². The van der Waals surface area contributed by atoms with Crippen molar-refractivity contribution in [2.24, 2.45) is 0 Å². The highest BCUT2D eigenvalue weighted by Gasteiger charge is 2.24. The van der Waals surface area contributed by atoms with Gasteiger partial charge in [0.1, 0.15) is 37.9 Å². The third-order valence-corrected chi connectivity index (χ3v) is 3.07. The Morgan fingerprint density at radius 3 is 1.29 bits per heavy atom. The van der Waals surface area contributed by atoms with Crippen molar-refractivity contribution in [3.05, 3.63) is 0 Å². The predicted octanol–water partition coefficient (Wildman–Crippen LogP) is -10.2. The number of piperazine rings is 1. The van der Waals surface area contributed by atoms with Crippen molar-refractivity contribution in [1.29, 1.82) is 0 Å². The zero-order valence-corrected chi connectivity index (χ0v) is 14.8. The van der Waals surface area contributed by atoms with E-state index in [4.69, 9.17) is 30.6 Å². The maximum atomic E-state index is 9.74. The number of carboxylic acid groups (broad SMARTS) is 4. The molecule has 0 aromatic carbocycles. The molecule has 0 aliphatic carbocycles. The quantitative estimate of drug-likeness (QED) is 0.199. The van der Waals surface area contributed by atoms with E-state index in [2.05, 4.69) is 17.6 Å². The van der Waals surface area contributed by atoms with Gasteiger partial charge in [0, 0.05) is 0 Å². The van der Waals surface area contributed by atoms with Crippen LogP contribution in [0.15, 0.2) is 0 Å². The molecule has 12 N–H and O–H groups in total. The second-order valence-electron chi connectivity index (χ2n) is 5.41. The summed E-state index contributed by atoms with van der Waals surface area (Å²) in [7, 11) is 0. The maximum absolute atomic E-state index is 9.74. The standard InChI is InChI=1S/C5H12N2.2C4H6O6.H2O/c1-5-4-6-2-3-7-5;2*5-1(3(7)8)2(6)4(9)10;/h5-7H,2-4H2,1H3;2*1-2,5-6H,(H,7,8)(H,9,10);1H2/t5-;2*1-,2-;/m000./s1. The molecule has 0 aromatic rings. The SMILES string of the molecule is C[C@H]1C[NH2+]CC[NH2+]1.O.O=C([O-])[C@@H](O)[C@H](O)C(=O)O.O=C([O-])[C@@H](O)[C@H](O)C(=O)O. The van der Waals surface area contributed by atoms with E-state index in [9.17, 15) is 29.4 Å². The summed E-state index contributed by atoms with van der Waals surface area (Å²) in [5.74, 6) is -7.65. The first-order chi connectivity index (χ1) is 12.3. The van der Waals surface area contributed by atoms with E-state index in [-0.39, 0.29) is 5.48 Å². The number of aliphatic hydroxyl groups is 4. The average Bonchev–Trinajstić information content (AvgIpc) is 2.60. The van der Waals surface area contributed by atoms with Gasteiger partial charge in [0.15, 0.2) is 12.2 Å². The van der Waals surface area contributed by atoms with Gasteiger partial charge in [-0.05, 0) is 6.92 Å². The van der Waals surface area contributed by atoms with E-state index in [0.29, 0.717) is 0 Å². The lowest BCUT2D eigenvalue weighted by atomic mass is 10.2. The Kier molecular flexibility index (Phi) is 16.9. The Labute approximate surface area is 158 Å². The minimum atomic E-state index is -2.38. The topological polar surface area (TPSA) is 300 Å². The summed E-state index contributed by atoms with van der Waals surface area (Å²) in [6.45, 7) is 6.20. The van der Waals surface area contributed by atoms with Crippen LogP contribution in [-0.2, 0) is 19.2 Å². The van der Waals surface area contributed by atoms with Gasteiger partial charge in [0.25, 0.3) is 0 Å². The lowest BCUT2D eigenvalue weighted by molar-refractivity contribution is -0.808. The van der Waals surface area contributed by atoms with Crippen LogP contribution >= 0.6 is 0 Å². The molecule has 1 saturated heterocycles. The summed E-state index contributed by atoms with van der Waals surface area (Å²) in [4.78, 5) is 38.8. The molecule has 1 rings (SSSR count). The highest BCUT2D eigenvalue weighted by Crippen LogP contribution is 1.91. The zero-order chi connectivity index (χ0) is 21.7. The van der Waals surface area contributed by atoms with Crippen LogP contribution in [0.4, 0.5) is 0 Å². The molecule has 0 radical (unpaired) electrons. The molecular weight excluding hydrogens is 392 g/mol. The van der Waals surface area contributed by atoms with Crippen LogP contribution in [0.2, 0.25) is 0 Å². The Bertz CT molecular complexity index is 423. The summed E-state index contributed by atoms with van der Waals surface area (Å²) in [6, 6.07) is 0.855. The maximum Gasteiger partial charge on any atom is 0.335 e. The third-order valence-electron chi connectivity index (χ3n) is 3.07. The van der Waals surface area contributed by atoms with Crippen molar-refractivity contribution in [3.8, 4) is 0 Å². The molecule has 28 heavy (non-hydrogen) atoms. The molecule has 15 heteroatoms. The summed E-state index contributed by atoms with van der Waals surface area (Å²) in [5, 5.41) is 73.0. The number of rotatable bonds is 6. The van der Waals surface area contributed by atoms with Crippen molar-refractivity contribution in [2.75, 3.05) is 19.6 Å². The van der Waals surface area contributed by atoms with Gasteiger partial charge >= 0.3 is 11.9 Å². The summed E-state index contributed by atoms with van der Waals surface area (Å²) < 4.78 is 0. The predicted molar refractivity (Wildman–Crippen MR) is 80.8 cm³/mol. The normalized spacial score (nSPS) is 19.5. The van der Waals surface area contributed by atoms with E-state index < -0.39 is 48.3 Å². The summed E-state index contributed by atoms with van der Waals surface area (Å²) >= 11 is 0. The molecule has 0 saturated carbocycles. The fourth-order valence-corrected chi connectivity index (χ4v) is 1.50. The number of carboxylic acids is 4. The van der Waals surface area contributed by atoms with Crippen LogP contribution in [0.3, 0.4) is 0 Å². The van der Waals surface area contributed by atoms with Gasteiger partial charge in [-0.1, -0.05) is 0 Å². The smallest absolute Gasteiger partial charge is 0.335 e. The first-order valence-corrected chi connectivity index (χ1v) is 7.57. The van der Waals surface area contributed by atoms with Crippen LogP contribution < -0.4 is 20.8 Å². The van der Waals surface area contributed by atoms with Crippen molar-refractivity contribution >= 4 is 23.9 Å². The van der Waals surface area contributed by atoms with Gasteiger partial charge in [0.2, 0.25) is 0 Å². The van der Waals surface area contributed by atoms with Gasteiger partial charge in [-0.2, -0.15) is 0 Å². The molecule has 0 amide bonds. The monoisotopic (exact) mass is 418 g/mol. The van der Waals surface area contributed by atoms with E-state index in [0.717, 1.165) is 6.04 Å². The van der Waals surface area contributed by atoms with E-state index in [1.165, 1.54) is 19.6 Å². The average molecular weight is 418 g/mol. The number of aliphatic carboxylic acids is 4. The van der Waals surface area contributed by atoms with E-state index >= 15 is 0 Å². The second kappa shape index (κ2) is 15.6. The van der Waals surface area contributed by atoms with Crippen molar-refractivity contribution in [3.63, 3.8) is 0 Å². The fourth-order valence-electron chi connectivity index (χ4n) is 1.50. The number of aliphatic hydroxyl groups excluding tert-OH is 4. The molecule has 1 heterocycles. The lowest BCUT2D eigenvalue weighted by Gasteiger charge is -2.13. The van der Waals surface area contributed by atoms with Crippen molar-refractivity contribution in [2.45, 2.75) is 37.4 Å². The van der Waals surface area contributed by atoms with Crippen LogP contribution in [0.5, 0.6) is 0 Å². The van der Waals surface area contributed by atoms with Crippen LogP contribution in [-0.4, -0.2) is 110 Å². The molecule has 1 fully saturated rings. The molecule has 15 nitrogen and oxygen atoms in total. The third kappa shape index (κ3) is 13.8. The first-order valence-electron chi connectivity index (χ1n) is 7.57. The molecule has 166 valence electrons. The molecular formula is C13H26N2O13. The van der Waals surface area contributed by atoms with Crippen LogP contribution in [0.1, 0.15) is 6.92 Å². The molecule has 5 atom stereocenters. The van der Waals surface area contributed by atoms with E-state index in [1.54, 1.807) is 0 Å². The van der Waals surface area contributed by atoms with Crippen LogP contribution in [0, 0.1) is 0 Å². The highest BCUT2D eigenvalue weighted by molar-refractivity contribution is 5.82. The molecule has 1 aliphatic heterocycles. The minimum Gasteiger partial charge on any atom is -0.547 e. The fraction of sp³-hybridized carbons (Fsp3) is 0.692. The number of quaternary nitrogens is 2. The first kappa shape index (κ1) is 30.3. The Balaban J connectivity index is -0.000000333. The highest BCUT2D eigenvalue weighted by atomic mass is 16.4. The number of hydrogen-bond donors (Lipinski definition) is 8. The Hall–Kier alpha value is -2.40.